The fraction of sp³-hybridized carbons (Fsp3) is 0.476. The first kappa shape index (κ1) is 48.4. The third kappa shape index (κ3) is 13.9. The molecule has 63 heavy (non-hydrogen) atoms. The predicted octanol–water partition coefficient (Wildman–Crippen LogP) is 7.63. The van der Waals surface area contributed by atoms with Crippen molar-refractivity contribution >= 4 is 58.8 Å². The molecule has 0 spiro atoms. The number of carbonyl (C=O) groups excluding carboxylic acids is 2. The summed E-state index contributed by atoms with van der Waals surface area (Å²) in [6, 6.07) is 16.3. The molecule has 1 aromatic heterocycles. The van der Waals surface area contributed by atoms with E-state index in [4.69, 9.17) is 36.1 Å². The summed E-state index contributed by atoms with van der Waals surface area (Å²) in [7, 11) is 1.92. The van der Waals surface area contributed by atoms with Crippen LogP contribution in [0.1, 0.15) is 62.5 Å². The van der Waals surface area contributed by atoms with Crippen molar-refractivity contribution in [3.63, 3.8) is 0 Å². The molecule has 2 saturated heterocycles. The van der Waals surface area contributed by atoms with Crippen LogP contribution in [0.2, 0.25) is 5.02 Å². The number of rotatable bonds is 9. The van der Waals surface area contributed by atoms with Crippen molar-refractivity contribution in [3.05, 3.63) is 76.6 Å². The van der Waals surface area contributed by atoms with Gasteiger partial charge in [-0.05, 0) is 55.5 Å². The van der Waals surface area contributed by atoms with Gasteiger partial charge in [0.15, 0.2) is 0 Å². The maximum absolute atomic E-state index is 13.8. The first-order chi connectivity index (χ1) is 29.8. The third-order valence-electron chi connectivity index (χ3n) is 11.0. The number of likely N-dealkylation sites (N-methyl/N-ethyl adjacent to an activating group) is 1. The van der Waals surface area contributed by atoms with E-state index in [2.05, 4.69) is 49.8 Å². The minimum atomic E-state index is -5.08. The normalized spacial score (nSPS) is 18.3. The molecule has 4 aliphatic rings. The van der Waals surface area contributed by atoms with Gasteiger partial charge in [0.25, 0.3) is 0 Å². The van der Waals surface area contributed by atoms with Gasteiger partial charge < -0.3 is 35.4 Å². The van der Waals surface area contributed by atoms with E-state index < -0.39 is 24.3 Å². The van der Waals surface area contributed by atoms with Crippen LogP contribution in [-0.4, -0.2) is 123 Å². The second kappa shape index (κ2) is 21.6. The van der Waals surface area contributed by atoms with Gasteiger partial charge in [-0.15, -0.1) is 0 Å². The molecule has 4 heterocycles. The summed E-state index contributed by atoms with van der Waals surface area (Å²) < 4.78 is 69.8. The lowest BCUT2D eigenvalue weighted by Crippen LogP contribution is -2.44. The number of carboxylic acids is 2. The first-order valence-corrected chi connectivity index (χ1v) is 20.6. The van der Waals surface area contributed by atoms with Crippen LogP contribution in [0.15, 0.2) is 60.4 Å². The second-order valence-electron chi connectivity index (χ2n) is 15.4. The number of nitrogens with zero attached hydrogens (tertiary/aromatic N) is 5. The van der Waals surface area contributed by atoms with Crippen molar-refractivity contribution in [3.8, 4) is 5.75 Å². The second-order valence-corrected chi connectivity index (χ2v) is 15.8. The van der Waals surface area contributed by atoms with Gasteiger partial charge in [0.1, 0.15) is 29.8 Å². The van der Waals surface area contributed by atoms with Gasteiger partial charge >= 0.3 is 24.3 Å². The van der Waals surface area contributed by atoms with Crippen molar-refractivity contribution in [2.45, 2.75) is 82.4 Å². The van der Waals surface area contributed by atoms with Crippen LogP contribution >= 0.6 is 11.6 Å². The summed E-state index contributed by atoms with van der Waals surface area (Å²) in [5.74, 6) is -3.05. The number of hydrogen-bond acceptors (Lipinski definition) is 10. The largest absolute Gasteiger partial charge is 0.490 e. The van der Waals surface area contributed by atoms with Crippen molar-refractivity contribution < 1.29 is 60.5 Å². The molecular weight excluding hydrogens is 864 g/mol. The van der Waals surface area contributed by atoms with E-state index in [1.54, 1.807) is 0 Å². The Morgan fingerprint density at radius 2 is 1.54 bits per heavy atom. The SMILES string of the molecule is CN(C(=O)C1=Cc2c(ncnc2Nc2ccc(OC3CCN(C(=O)C4CCCC4)CC3)c(Cl)c2)NCC1)C1CCN(Cc2ccccc2)C1.O=C(O)C(F)(F)F.O=C(O)C(F)(F)F. The lowest BCUT2D eigenvalue weighted by molar-refractivity contribution is -0.193. The highest BCUT2D eigenvalue weighted by atomic mass is 35.5. The number of piperidine rings is 1. The smallest absolute Gasteiger partial charge is 0.489 e. The Morgan fingerprint density at radius 3 is 2.14 bits per heavy atom. The van der Waals surface area contributed by atoms with Gasteiger partial charge in [-0.2, -0.15) is 26.3 Å². The summed E-state index contributed by atoms with van der Waals surface area (Å²) in [6.07, 6.45) is 0.819. The predicted molar refractivity (Wildman–Crippen MR) is 220 cm³/mol. The molecule has 4 N–H and O–H groups in total. The molecule has 21 heteroatoms. The number of halogens is 7. The summed E-state index contributed by atoms with van der Waals surface area (Å²) in [5.41, 5.74) is 3.51. The molecule has 7 rings (SSSR count). The minimum Gasteiger partial charge on any atom is -0.489 e. The van der Waals surface area contributed by atoms with Crippen molar-refractivity contribution in [2.75, 3.05) is 50.4 Å². The molecule has 0 radical (unpaired) electrons. The quantitative estimate of drug-likeness (QED) is 0.155. The number of benzene rings is 2. The van der Waals surface area contributed by atoms with Gasteiger partial charge in [-0.1, -0.05) is 54.8 Å². The van der Waals surface area contributed by atoms with Crippen LogP contribution in [-0.2, 0) is 25.7 Å². The zero-order valence-corrected chi connectivity index (χ0v) is 35.0. The monoisotopic (exact) mass is 911 g/mol. The molecule has 3 fully saturated rings. The number of alkyl halides is 6. The number of ether oxygens (including phenoxy) is 1. The number of nitrogens with one attached hydrogen (secondary N) is 2. The van der Waals surface area contributed by atoms with Crippen molar-refractivity contribution in [1.82, 2.24) is 24.7 Å². The molecule has 2 amide bonds. The number of likely N-dealkylation sites (tertiary alicyclic amines) is 2. The van der Waals surface area contributed by atoms with E-state index in [0.29, 0.717) is 41.3 Å². The number of aliphatic carboxylic acids is 2. The van der Waals surface area contributed by atoms with Gasteiger partial charge in [0.05, 0.1) is 10.6 Å². The molecule has 2 aromatic carbocycles. The highest BCUT2D eigenvalue weighted by Crippen LogP contribution is 2.35. The Kier molecular flexibility index (Phi) is 16.6. The highest BCUT2D eigenvalue weighted by molar-refractivity contribution is 6.32. The van der Waals surface area contributed by atoms with Crippen LogP contribution in [0.4, 0.5) is 43.7 Å². The first-order valence-electron chi connectivity index (χ1n) is 20.2. The summed E-state index contributed by atoms with van der Waals surface area (Å²) in [4.78, 5) is 59.8. The van der Waals surface area contributed by atoms with Crippen LogP contribution in [0.3, 0.4) is 0 Å². The average Bonchev–Trinajstić information content (AvgIpc) is 3.91. The fourth-order valence-corrected chi connectivity index (χ4v) is 7.85. The molecule has 3 aliphatic heterocycles. The van der Waals surface area contributed by atoms with Gasteiger partial charge in [0.2, 0.25) is 11.8 Å². The highest BCUT2D eigenvalue weighted by Gasteiger charge is 2.39. The molecule has 1 saturated carbocycles. The summed E-state index contributed by atoms with van der Waals surface area (Å²) in [5, 5.41) is 21.5. The maximum atomic E-state index is 13.8. The van der Waals surface area contributed by atoms with E-state index in [0.717, 1.165) is 81.7 Å². The van der Waals surface area contributed by atoms with Crippen molar-refractivity contribution in [1.29, 1.82) is 0 Å². The van der Waals surface area contributed by atoms with Crippen LogP contribution < -0.4 is 15.4 Å². The summed E-state index contributed by atoms with van der Waals surface area (Å²) in [6.45, 7) is 4.77. The zero-order chi connectivity index (χ0) is 45.9. The average molecular weight is 912 g/mol. The van der Waals surface area contributed by atoms with E-state index in [-0.39, 0.29) is 24.0 Å². The third-order valence-corrected chi connectivity index (χ3v) is 11.3. The molecule has 3 aromatic rings. The number of fused-ring (bicyclic) bond motifs is 1. The van der Waals surface area contributed by atoms with E-state index in [9.17, 15) is 35.9 Å². The van der Waals surface area contributed by atoms with Gasteiger partial charge in [0, 0.05) is 82.4 Å². The molecule has 342 valence electrons. The lowest BCUT2D eigenvalue weighted by Gasteiger charge is -2.33. The Hall–Kier alpha value is -5.63. The van der Waals surface area contributed by atoms with Crippen LogP contribution in [0.5, 0.6) is 5.75 Å². The number of anilines is 3. The van der Waals surface area contributed by atoms with Crippen molar-refractivity contribution in [2.24, 2.45) is 5.92 Å². The topological polar surface area (TPSA) is 178 Å². The minimum absolute atomic E-state index is 0.0167. The Balaban J connectivity index is 0.000000463. The van der Waals surface area contributed by atoms with Crippen LogP contribution in [0, 0.1) is 5.92 Å². The number of amides is 2. The molecule has 1 aliphatic carbocycles. The number of carboxylic acid groups (broad SMARTS) is 2. The summed E-state index contributed by atoms with van der Waals surface area (Å²) >= 11 is 6.73. The molecule has 0 bridgehead atoms. The standard InChI is InChI=1S/C38H46ClN7O3.2C2HF3O2/c1-44(30-14-18-45(24-30)23-26-7-3-2-4-8-26)37(47)28-13-17-40-35-32(21-28)36(42-25-41-35)43-29-11-12-34(33(39)22-29)49-31-15-19-46(20-16-31)38(48)27-9-5-6-10-27;2*3-2(4,5)1(6)7/h2-4,7-8,11-12,21-22,25,27,30-31H,5-6,9-10,13-20,23-24H2,1H3,(H2,40,41,42,43);2*(H,6,7). The number of carbonyl (C=O) groups is 4. The lowest BCUT2D eigenvalue weighted by atomic mass is 10.0. The number of hydrogen-bond donors (Lipinski definition) is 4. The molecule has 14 nitrogen and oxygen atoms in total. The Bertz CT molecular complexity index is 2070. The van der Waals surface area contributed by atoms with Crippen LogP contribution in [0.25, 0.3) is 6.08 Å². The molecular formula is C42H48ClF6N7O7. The zero-order valence-electron chi connectivity index (χ0n) is 34.2. The molecule has 1 atom stereocenters. The number of aromatic nitrogens is 2. The van der Waals surface area contributed by atoms with Gasteiger partial charge in [-0.25, -0.2) is 19.6 Å². The van der Waals surface area contributed by atoms with Gasteiger partial charge in [-0.3, -0.25) is 14.5 Å². The Morgan fingerprint density at radius 1 is 0.905 bits per heavy atom. The Labute approximate surface area is 364 Å². The van der Waals surface area contributed by atoms with E-state index in [1.807, 2.05) is 47.2 Å². The fourth-order valence-electron chi connectivity index (χ4n) is 7.62. The molecule has 1 unspecified atom stereocenters. The van der Waals surface area contributed by atoms with E-state index >= 15 is 0 Å². The maximum Gasteiger partial charge on any atom is 0.490 e. The van der Waals surface area contributed by atoms with E-state index in [1.165, 1.54) is 24.7 Å².